The minimum Gasteiger partial charge on any atom is -0.491 e. The molecule has 1 aliphatic heterocycles. The van der Waals surface area contributed by atoms with Gasteiger partial charge in [-0.3, -0.25) is 9.48 Å². The number of aromatic nitrogens is 2. The molecule has 1 amide bonds. The van der Waals surface area contributed by atoms with Crippen LogP contribution in [0.2, 0.25) is 0 Å². The highest BCUT2D eigenvalue weighted by Crippen LogP contribution is 2.27. The van der Waals surface area contributed by atoms with Gasteiger partial charge in [0.15, 0.2) is 0 Å². The van der Waals surface area contributed by atoms with Crippen LogP contribution in [-0.2, 0) is 11.8 Å². The van der Waals surface area contributed by atoms with Crippen LogP contribution in [0.3, 0.4) is 0 Å². The zero-order valence-electron chi connectivity index (χ0n) is 14.2. The van der Waals surface area contributed by atoms with Gasteiger partial charge in [-0.05, 0) is 24.1 Å². The fraction of sp³-hybridized carbons (Fsp3) is 0.444. The summed E-state index contributed by atoms with van der Waals surface area (Å²) in [5.74, 6) is 1.05. The second kappa shape index (κ2) is 7.49. The highest BCUT2D eigenvalue weighted by atomic mass is 16.5. The standard InChI is InChI=1S/C18H24N4O2/c1-13-5-3-4-6-17(13)24-8-7-20-18(23)16-11-19-10-15(16)14-9-21-22(2)12-14/h3-6,9,12,15-16,19H,7-8,10-11H2,1-2H3,(H,20,23)/t15-,16+/m1/s1. The summed E-state index contributed by atoms with van der Waals surface area (Å²) in [5, 5.41) is 10.5. The van der Waals surface area contributed by atoms with E-state index in [1.54, 1.807) is 4.68 Å². The smallest absolute Gasteiger partial charge is 0.225 e. The van der Waals surface area contributed by atoms with E-state index < -0.39 is 0 Å². The van der Waals surface area contributed by atoms with Crippen molar-refractivity contribution in [1.82, 2.24) is 20.4 Å². The van der Waals surface area contributed by atoms with E-state index in [-0.39, 0.29) is 17.7 Å². The Morgan fingerprint density at radius 1 is 1.42 bits per heavy atom. The average Bonchev–Trinajstić information content (AvgIpc) is 3.21. The molecular formula is C18H24N4O2. The van der Waals surface area contributed by atoms with Gasteiger partial charge < -0.3 is 15.4 Å². The van der Waals surface area contributed by atoms with Gasteiger partial charge in [-0.2, -0.15) is 5.10 Å². The lowest BCUT2D eigenvalue weighted by Crippen LogP contribution is -2.36. The Hall–Kier alpha value is -2.34. The number of nitrogens with one attached hydrogen (secondary N) is 2. The van der Waals surface area contributed by atoms with Crippen LogP contribution in [0.5, 0.6) is 5.75 Å². The lowest BCUT2D eigenvalue weighted by molar-refractivity contribution is -0.124. The van der Waals surface area contributed by atoms with Gasteiger partial charge in [-0.15, -0.1) is 0 Å². The van der Waals surface area contributed by atoms with Crippen molar-refractivity contribution >= 4 is 5.91 Å². The summed E-state index contributed by atoms with van der Waals surface area (Å²) in [5.41, 5.74) is 2.21. The summed E-state index contributed by atoms with van der Waals surface area (Å²) in [7, 11) is 1.89. The molecule has 0 bridgehead atoms. The number of hydrogen-bond acceptors (Lipinski definition) is 4. The molecule has 1 aromatic heterocycles. The fourth-order valence-corrected chi connectivity index (χ4v) is 3.12. The van der Waals surface area contributed by atoms with Gasteiger partial charge in [-0.1, -0.05) is 18.2 Å². The molecule has 1 fully saturated rings. The van der Waals surface area contributed by atoms with Gasteiger partial charge in [0, 0.05) is 32.3 Å². The molecule has 0 spiro atoms. The van der Waals surface area contributed by atoms with E-state index in [1.165, 1.54) is 0 Å². The number of carbonyl (C=O) groups is 1. The van der Waals surface area contributed by atoms with Gasteiger partial charge in [0.1, 0.15) is 12.4 Å². The summed E-state index contributed by atoms with van der Waals surface area (Å²) in [6, 6.07) is 7.88. The lowest BCUT2D eigenvalue weighted by atomic mass is 9.90. The van der Waals surface area contributed by atoms with Crippen molar-refractivity contribution < 1.29 is 9.53 Å². The minimum atomic E-state index is -0.0624. The van der Waals surface area contributed by atoms with Crippen LogP contribution >= 0.6 is 0 Å². The van der Waals surface area contributed by atoms with E-state index in [9.17, 15) is 4.79 Å². The van der Waals surface area contributed by atoms with Crippen molar-refractivity contribution in [2.75, 3.05) is 26.2 Å². The van der Waals surface area contributed by atoms with Crippen molar-refractivity contribution in [3.63, 3.8) is 0 Å². The first-order chi connectivity index (χ1) is 11.6. The summed E-state index contributed by atoms with van der Waals surface area (Å²) in [6.45, 7) is 4.49. The maximum Gasteiger partial charge on any atom is 0.225 e. The first-order valence-corrected chi connectivity index (χ1v) is 8.30. The molecular weight excluding hydrogens is 304 g/mol. The van der Waals surface area contributed by atoms with E-state index >= 15 is 0 Å². The Labute approximate surface area is 142 Å². The van der Waals surface area contributed by atoms with Crippen LogP contribution in [0.1, 0.15) is 17.0 Å². The molecule has 1 aromatic carbocycles. The number of nitrogens with zero attached hydrogens (tertiary/aromatic N) is 2. The van der Waals surface area contributed by atoms with Crippen molar-refractivity contribution in [1.29, 1.82) is 0 Å². The molecule has 24 heavy (non-hydrogen) atoms. The number of benzene rings is 1. The van der Waals surface area contributed by atoms with Crippen molar-refractivity contribution in [2.24, 2.45) is 13.0 Å². The molecule has 6 nitrogen and oxygen atoms in total. The van der Waals surface area contributed by atoms with Crippen molar-refractivity contribution in [3.05, 3.63) is 47.8 Å². The van der Waals surface area contributed by atoms with Crippen LogP contribution in [0.25, 0.3) is 0 Å². The highest BCUT2D eigenvalue weighted by molar-refractivity contribution is 5.80. The molecule has 0 radical (unpaired) electrons. The van der Waals surface area contributed by atoms with Gasteiger partial charge in [0.2, 0.25) is 5.91 Å². The number of para-hydroxylation sites is 1. The summed E-state index contributed by atoms with van der Waals surface area (Å²) in [4.78, 5) is 12.5. The van der Waals surface area contributed by atoms with E-state index in [0.717, 1.165) is 23.4 Å². The monoisotopic (exact) mass is 328 g/mol. The Morgan fingerprint density at radius 3 is 3.00 bits per heavy atom. The number of hydrogen-bond donors (Lipinski definition) is 2. The van der Waals surface area contributed by atoms with Crippen LogP contribution in [0, 0.1) is 12.8 Å². The fourth-order valence-electron chi connectivity index (χ4n) is 3.12. The Bertz CT molecular complexity index is 698. The highest BCUT2D eigenvalue weighted by Gasteiger charge is 2.34. The second-order valence-corrected chi connectivity index (χ2v) is 6.22. The third-order valence-corrected chi connectivity index (χ3v) is 4.46. The van der Waals surface area contributed by atoms with E-state index in [0.29, 0.717) is 19.7 Å². The summed E-state index contributed by atoms with van der Waals surface area (Å²) >= 11 is 0. The van der Waals surface area contributed by atoms with Crippen molar-refractivity contribution in [2.45, 2.75) is 12.8 Å². The Balaban J connectivity index is 1.49. The molecule has 2 aromatic rings. The normalized spacial score (nSPS) is 20.1. The third-order valence-electron chi connectivity index (χ3n) is 4.46. The molecule has 2 N–H and O–H groups in total. The van der Waals surface area contributed by atoms with Crippen LogP contribution in [-0.4, -0.2) is 41.9 Å². The largest absolute Gasteiger partial charge is 0.491 e. The third kappa shape index (κ3) is 3.76. The Morgan fingerprint density at radius 2 is 2.25 bits per heavy atom. The quantitative estimate of drug-likeness (QED) is 0.783. The molecule has 3 rings (SSSR count). The molecule has 2 heterocycles. The van der Waals surface area contributed by atoms with E-state index in [4.69, 9.17) is 4.74 Å². The summed E-state index contributed by atoms with van der Waals surface area (Å²) < 4.78 is 7.50. The predicted molar refractivity (Wildman–Crippen MR) is 92.0 cm³/mol. The molecule has 6 heteroatoms. The first-order valence-electron chi connectivity index (χ1n) is 8.30. The van der Waals surface area contributed by atoms with E-state index in [2.05, 4.69) is 15.7 Å². The van der Waals surface area contributed by atoms with E-state index in [1.807, 2.05) is 50.6 Å². The molecule has 0 saturated carbocycles. The minimum absolute atomic E-state index is 0.0624. The average molecular weight is 328 g/mol. The molecule has 1 saturated heterocycles. The van der Waals surface area contributed by atoms with Gasteiger partial charge >= 0.3 is 0 Å². The number of amides is 1. The van der Waals surface area contributed by atoms with Gasteiger partial charge in [-0.25, -0.2) is 0 Å². The Kier molecular flexibility index (Phi) is 5.15. The molecule has 128 valence electrons. The molecule has 0 aliphatic carbocycles. The number of ether oxygens (including phenoxy) is 1. The topological polar surface area (TPSA) is 68.2 Å². The summed E-state index contributed by atoms with van der Waals surface area (Å²) in [6.07, 6.45) is 3.83. The van der Waals surface area contributed by atoms with Crippen LogP contribution in [0.15, 0.2) is 36.7 Å². The number of rotatable bonds is 6. The number of carbonyl (C=O) groups excluding carboxylic acids is 1. The molecule has 2 atom stereocenters. The first kappa shape index (κ1) is 16.5. The second-order valence-electron chi connectivity index (χ2n) is 6.22. The maximum absolute atomic E-state index is 12.5. The van der Waals surface area contributed by atoms with Crippen LogP contribution < -0.4 is 15.4 Å². The van der Waals surface area contributed by atoms with Gasteiger partial charge in [0.05, 0.1) is 18.7 Å². The zero-order valence-corrected chi connectivity index (χ0v) is 14.2. The lowest BCUT2D eigenvalue weighted by Gasteiger charge is -2.17. The SMILES string of the molecule is Cc1ccccc1OCCNC(=O)[C@H]1CNC[C@@H]1c1cnn(C)c1. The van der Waals surface area contributed by atoms with Crippen LogP contribution in [0.4, 0.5) is 0 Å². The number of aryl methyl sites for hydroxylation is 2. The zero-order chi connectivity index (χ0) is 16.9. The maximum atomic E-state index is 12.5. The molecule has 1 aliphatic rings. The molecule has 0 unspecified atom stereocenters. The van der Waals surface area contributed by atoms with Gasteiger partial charge in [0.25, 0.3) is 0 Å². The van der Waals surface area contributed by atoms with Crippen molar-refractivity contribution in [3.8, 4) is 5.75 Å². The predicted octanol–water partition coefficient (Wildman–Crippen LogP) is 1.23.